The molecule has 19 heavy (non-hydrogen) atoms. The molecule has 1 aromatic carbocycles. The summed E-state index contributed by atoms with van der Waals surface area (Å²) in [6, 6.07) is 4.79. The van der Waals surface area contributed by atoms with Gasteiger partial charge in [0.05, 0.1) is 5.56 Å². The lowest BCUT2D eigenvalue weighted by atomic mass is 10.1. The molecule has 1 amide bonds. The molecule has 1 unspecified atom stereocenters. The molecule has 1 aliphatic rings. The van der Waals surface area contributed by atoms with Crippen molar-refractivity contribution in [3.05, 3.63) is 29.3 Å². The molecular formula is C14H18N2O3. The van der Waals surface area contributed by atoms with Crippen LogP contribution >= 0.6 is 0 Å². The van der Waals surface area contributed by atoms with Gasteiger partial charge in [0.2, 0.25) is 5.91 Å². The van der Waals surface area contributed by atoms with Gasteiger partial charge in [-0.3, -0.25) is 4.79 Å². The quantitative estimate of drug-likeness (QED) is 0.859. The van der Waals surface area contributed by atoms with E-state index in [1.807, 2.05) is 6.92 Å². The Bertz CT molecular complexity index is 513. The van der Waals surface area contributed by atoms with Gasteiger partial charge in [0.25, 0.3) is 0 Å². The predicted molar refractivity (Wildman–Crippen MR) is 72.3 cm³/mol. The molecule has 0 aromatic heterocycles. The van der Waals surface area contributed by atoms with Gasteiger partial charge in [-0.1, -0.05) is 13.0 Å². The van der Waals surface area contributed by atoms with E-state index in [0.717, 1.165) is 18.4 Å². The molecule has 5 heteroatoms. The zero-order valence-electron chi connectivity index (χ0n) is 10.9. The van der Waals surface area contributed by atoms with Crippen LogP contribution in [0.25, 0.3) is 0 Å². The van der Waals surface area contributed by atoms with Crippen molar-refractivity contribution < 1.29 is 14.7 Å². The lowest BCUT2D eigenvalue weighted by Gasteiger charge is -2.19. The first-order valence-corrected chi connectivity index (χ1v) is 6.45. The average molecular weight is 262 g/mol. The molecule has 0 saturated heterocycles. The van der Waals surface area contributed by atoms with E-state index in [1.54, 1.807) is 23.1 Å². The van der Waals surface area contributed by atoms with E-state index in [-0.39, 0.29) is 17.5 Å². The van der Waals surface area contributed by atoms with Crippen LogP contribution < -0.4 is 10.6 Å². The second-order valence-electron chi connectivity index (χ2n) is 4.82. The van der Waals surface area contributed by atoms with Crippen LogP contribution in [0.5, 0.6) is 0 Å². The number of hydrogen-bond donors (Lipinski definition) is 2. The average Bonchev–Trinajstić information content (AvgIpc) is 2.81. The third kappa shape index (κ3) is 2.76. The lowest BCUT2D eigenvalue weighted by Crippen LogP contribution is -2.34. The molecule has 0 saturated carbocycles. The summed E-state index contributed by atoms with van der Waals surface area (Å²) in [5, 5.41) is 9.00. The number of amides is 1. The van der Waals surface area contributed by atoms with Gasteiger partial charge in [-0.05, 0) is 30.5 Å². The Morgan fingerprint density at radius 3 is 2.84 bits per heavy atom. The topological polar surface area (TPSA) is 83.6 Å². The van der Waals surface area contributed by atoms with E-state index in [2.05, 4.69) is 0 Å². The number of carboxylic acids is 1. The first kappa shape index (κ1) is 13.5. The molecule has 3 N–H and O–H groups in total. The molecule has 2 rings (SSSR count). The van der Waals surface area contributed by atoms with Crippen LogP contribution in [0.3, 0.4) is 0 Å². The summed E-state index contributed by atoms with van der Waals surface area (Å²) >= 11 is 0. The number of rotatable bonds is 4. The Kier molecular flexibility index (Phi) is 3.85. The Balaban J connectivity index is 2.22. The number of nitrogens with two attached hydrogens (primary N) is 1. The summed E-state index contributed by atoms with van der Waals surface area (Å²) in [4.78, 5) is 24.8. The standard InChI is InChI=1S/C14H18N2O3/c1-2-11(15)8-13(17)16-6-5-9-3-4-10(14(18)19)7-12(9)16/h3-4,7,11H,2,5-6,8,15H2,1H3,(H,18,19). The van der Waals surface area contributed by atoms with Gasteiger partial charge in [0.15, 0.2) is 0 Å². The maximum atomic E-state index is 12.2. The van der Waals surface area contributed by atoms with Crippen molar-refractivity contribution in [2.24, 2.45) is 5.73 Å². The number of anilines is 1. The predicted octanol–water partition coefficient (Wildman–Crippen LogP) is 1.40. The van der Waals surface area contributed by atoms with Crippen LogP contribution in [0, 0.1) is 0 Å². The molecule has 1 heterocycles. The van der Waals surface area contributed by atoms with E-state index in [4.69, 9.17) is 10.8 Å². The van der Waals surface area contributed by atoms with Crippen molar-refractivity contribution in [3.8, 4) is 0 Å². The molecule has 0 radical (unpaired) electrons. The third-order valence-electron chi connectivity index (χ3n) is 3.49. The van der Waals surface area contributed by atoms with Crippen LogP contribution in [0.2, 0.25) is 0 Å². The van der Waals surface area contributed by atoms with E-state index < -0.39 is 5.97 Å². The van der Waals surface area contributed by atoms with Crippen LogP contribution in [0.1, 0.15) is 35.7 Å². The number of nitrogens with zero attached hydrogens (tertiary/aromatic N) is 1. The van der Waals surface area contributed by atoms with Gasteiger partial charge < -0.3 is 15.7 Å². The van der Waals surface area contributed by atoms with E-state index in [9.17, 15) is 9.59 Å². The minimum atomic E-state index is -0.979. The zero-order valence-corrected chi connectivity index (χ0v) is 10.9. The van der Waals surface area contributed by atoms with E-state index >= 15 is 0 Å². The smallest absolute Gasteiger partial charge is 0.335 e. The Labute approximate surface area is 112 Å². The van der Waals surface area contributed by atoms with Gasteiger partial charge in [-0.15, -0.1) is 0 Å². The van der Waals surface area contributed by atoms with Gasteiger partial charge >= 0.3 is 5.97 Å². The monoisotopic (exact) mass is 262 g/mol. The minimum absolute atomic E-state index is 0.0318. The van der Waals surface area contributed by atoms with Crippen molar-refractivity contribution in [3.63, 3.8) is 0 Å². The second kappa shape index (κ2) is 5.40. The maximum absolute atomic E-state index is 12.2. The maximum Gasteiger partial charge on any atom is 0.335 e. The summed E-state index contributed by atoms with van der Waals surface area (Å²) in [5.74, 6) is -1.01. The largest absolute Gasteiger partial charge is 0.478 e. The lowest BCUT2D eigenvalue weighted by molar-refractivity contribution is -0.118. The number of benzene rings is 1. The van der Waals surface area contributed by atoms with Crippen molar-refractivity contribution in [2.75, 3.05) is 11.4 Å². The van der Waals surface area contributed by atoms with Gasteiger partial charge in [0.1, 0.15) is 0 Å². The van der Waals surface area contributed by atoms with Crippen LogP contribution in [-0.2, 0) is 11.2 Å². The molecule has 0 bridgehead atoms. The van der Waals surface area contributed by atoms with E-state index in [0.29, 0.717) is 18.7 Å². The molecule has 0 fully saturated rings. The van der Waals surface area contributed by atoms with Crippen LogP contribution in [0.4, 0.5) is 5.69 Å². The summed E-state index contributed by atoms with van der Waals surface area (Å²) in [6.07, 6.45) is 1.82. The molecule has 1 aromatic rings. The summed E-state index contributed by atoms with van der Waals surface area (Å²) < 4.78 is 0. The normalized spacial score (nSPS) is 15.2. The number of aromatic carboxylic acids is 1. The fourth-order valence-electron chi connectivity index (χ4n) is 2.25. The molecule has 102 valence electrons. The minimum Gasteiger partial charge on any atom is -0.478 e. The second-order valence-corrected chi connectivity index (χ2v) is 4.82. The number of carboxylic acid groups (broad SMARTS) is 1. The molecule has 0 aliphatic carbocycles. The highest BCUT2D eigenvalue weighted by molar-refractivity contribution is 5.98. The Morgan fingerprint density at radius 2 is 2.21 bits per heavy atom. The van der Waals surface area contributed by atoms with Gasteiger partial charge in [0, 0.05) is 24.7 Å². The Hall–Kier alpha value is -1.88. The van der Waals surface area contributed by atoms with Crippen molar-refractivity contribution >= 4 is 17.6 Å². The number of hydrogen-bond acceptors (Lipinski definition) is 3. The van der Waals surface area contributed by atoms with Crippen molar-refractivity contribution in [1.29, 1.82) is 0 Å². The fourth-order valence-corrected chi connectivity index (χ4v) is 2.25. The highest BCUT2D eigenvalue weighted by Gasteiger charge is 2.26. The zero-order chi connectivity index (χ0) is 14.0. The SMILES string of the molecule is CCC(N)CC(=O)N1CCc2ccc(C(=O)O)cc21. The molecule has 1 atom stereocenters. The first-order chi connectivity index (χ1) is 9.02. The summed E-state index contributed by atoms with van der Waals surface area (Å²) in [7, 11) is 0. The highest BCUT2D eigenvalue weighted by Crippen LogP contribution is 2.29. The van der Waals surface area contributed by atoms with Crippen molar-refractivity contribution in [2.45, 2.75) is 32.2 Å². The highest BCUT2D eigenvalue weighted by atomic mass is 16.4. The molecule has 1 aliphatic heterocycles. The number of carbonyl (C=O) groups excluding carboxylic acids is 1. The molecule has 0 spiro atoms. The number of fused-ring (bicyclic) bond motifs is 1. The molecule has 5 nitrogen and oxygen atoms in total. The third-order valence-corrected chi connectivity index (χ3v) is 3.49. The van der Waals surface area contributed by atoms with Crippen LogP contribution in [-0.4, -0.2) is 29.6 Å². The van der Waals surface area contributed by atoms with Gasteiger partial charge in [-0.2, -0.15) is 0 Å². The summed E-state index contributed by atoms with van der Waals surface area (Å²) in [6.45, 7) is 2.55. The molecular weight excluding hydrogens is 244 g/mol. The summed E-state index contributed by atoms with van der Waals surface area (Å²) in [5.41, 5.74) is 7.74. The van der Waals surface area contributed by atoms with E-state index in [1.165, 1.54) is 0 Å². The fraction of sp³-hybridized carbons (Fsp3) is 0.429. The van der Waals surface area contributed by atoms with Gasteiger partial charge in [-0.25, -0.2) is 4.79 Å². The number of carbonyl (C=O) groups is 2. The van der Waals surface area contributed by atoms with Crippen LogP contribution in [0.15, 0.2) is 18.2 Å². The van der Waals surface area contributed by atoms with Crippen molar-refractivity contribution in [1.82, 2.24) is 0 Å². The first-order valence-electron chi connectivity index (χ1n) is 6.45. The Morgan fingerprint density at radius 1 is 1.47 bits per heavy atom.